The van der Waals surface area contributed by atoms with E-state index < -0.39 is 44.1 Å². The number of aryl methyl sites for hydroxylation is 1. The van der Waals surface area contributed by atoms with Gasteiger partial charge in [-0.2, -0.15) is 0 Å². The highest BCUT2D eigenvalue weighted by Gasteiger charge is 2.73. The van der Waals surface area contributed by atoms with Crippen molar-refractivity contribution in [1.82, 2.24) is 5.32 Å². The molecule has 3 rings (SSSR count). The number of amides is 1. The van der Waals surface area contributed by atoms with Gasteiger partial charge in [0.1, 0.15) is 28.5 Å². The lowest BCUT2D eigenvalue weighted by Gasteiger charge is -2.22. The molecule has 0 aromatic heterocycles. The van der Waals surface area contributed by atoms with Crippen LogP contribution in [0.15, 0.2) is 53.4 Å². The number of carbonyl (C=O) groups excluding carboxylic acids is 2. The van der Waals surface area contributed by atoms with Crippen molar-refractivity contribution in [2.75, 3.05) is 0 Å². The molecule has 0 heterocycles. The van der Waals surface area contributed by atoms with Gasteiger partial charge >= 0.3 is 6.09 Å². The van der Waals surface area contributed by atoms with Crippen molar-refractivity contribution in [1.29, 1.82) is 0 Å². The van der Waals surface area contributed by atoms with Crippen molar-refractivity contribution in [2.45, 2.75) is 54.9 Å². The van der Waals surface area contributed by atoms with Gasteiger partial charge in [0.25, 0.3) is 0 Å². The minimum Gasteiger partial charge on any atom is -0.444 e. The first kappa shape index (κ1) is 22.0. The number of alkyl carbamates (subject to hydrolysis) is 1. The Bertz CT molecular complexity index is 1080. The zero-order valence-corrected chi connectivity index (χ0v) is 18.0. The van der Waals surface area contributed by atoms with Crippen LogP contribution in [0, 0.1) is 12.7 Å². The maximum Gasteiger partial charge on any atom is 0.408 e. The van der Waals surface area contributed by atoms with Gasteiger partial charge in [0.05, 0.1) is 4.90 Å². The van der Waals surface area contributed by atoms with Gasteiger partial charge in [0.2, 0.25) is 0 Å². The van der Waals surface area contributed by atoms with Gasteiger partial charge in [-0.15, -0.1) is 0 Å². The molecule has 1 aliphatic rings. The molecule has 1 aliphatic carbocycles. The van der Waals surface area contributed by atoms with Crippen molar-refractivity contribution in [2.24, 2.45) is 0 Å². The van der Waals surface area contributed by atoms with Crippen LogP contribution in [0.1, 0.15) is 37.8 Å². The summed E-state index contributed by atoms with van der Waals surface area (Å²) in [5.74, 6) is -1.52. The largest absolute Gasteiger partial charge is 0.444 e. The Morgan fingerprint density at radius 2 is 1.80 bits per heavy atom. The fraction of sp³-hybridized carbons (Fsp3) is 0.364. The van der Waals surface area contributed by atoms with E-state index in [9.17, 15) is 22.4 Å². The minimum atomic E-state index is -4.03. The SMILES string of the molecule is Cc1ccc(S(=O)(=O)C2C(c3cccc(F)c3)C2(C=O)NC(=O)OC(C)(C)C)cc1. The maximum atomic E-state index is 13.8. The molecule has 1 N–H and O–H groups in total. The summed E-state index contributed by atoms with van der Waals surface area (Å²) in [6, 6.07) is 11.6. The fourth-order valence-electron chi connectivity index (χ4n) is 3.63. The van der Waals surface area contributed by atoms with Crippen LogP contribution in [0.3, 0.4) is 0 Å². The van der Waals surface area contributed by atoms with Crippen molar-refractivity contribution in [3.05, 3.63) is 65.5 Å². The lowest BCUT2D eigenvalue weighted by Crippen LogP contribution is -2.45. The summed E-state index contributed by atoms with van der Waals surface area (Å²) in [5.41, 5.74) is -1.43. The van der Waals surface area contributed by atoms with Crippen molar-refractivity contribution < 1.29 is 27.1 Å². The van der Waals surface area contributed by atoms with E-state index in [4.69, 9.17) is 4.74 Å². The average molecular weight is 434 g/mol. The molecule has 0 bridgehead atoms. The van der Waals surface area contributed by atoms with Crippen molar-refractivity contribution >= 4 is 22.2 Å². The van der Waals surface area contributed by atoms with Crippen LogP contribution >= 0.6 is 0 Å². The molecule has 0 radical (unpaired) electrons. The molecule has 0 aliphatic heterocycles. The quantitative estimate of drug-likeness (QED) is 0.729. The highest BCUT2D eigenvalue weighted by Crippen LogP contribution is 2.56. The topological polar surface area (TPSA) is 89.5 Å². The van der Waals surface area contributed by atoms with Crippen LogP contribution in [-0.2, 0) is 19.4 Å². The predicted molar refractivity (Wildman–Crippen MR) is 109 cm³/mol. The van der Waals surface area contributed by atoms with Gasteiger partial charge in [-0.3, -0.25) is 0 Å². The van der Waals surface area contributed by atoms with Gasteiger partial charge in [-0.1, -0.05) is 29.8 Å². The lowest BCUT2D eigenvalue weighted by molar-refractivity contribution is -0.110. The van der Waals surface area contributed by atoms with Crippen LogP contribution in [-0.4, -0.2) is 37.2 Å². The zero-order valence-electron chi connectivity index (χ0n) is 17.2. The lowest BCUT2D eigenvalue weighted by atomic mass is 10.1. The summed E-state index contributed by atoms with van der Waals surface area (Å²) in [6.07, 6.45) is -0.513. The third-order valence-corrected chi connectivity index (χ3v) is 7.24. The van der Waals surface area contributed by atoms with E-state index in [0.29, 0.717) is 11.8 Å². The summed E-state index contributed by atoms with van der Waals surface area (Å²) < 4.78 is 45.8. The molecule has 6 nitrogen and oxygen atoms in total. The Balaban J connectivity index is 2.06. The Labute approximate surface area is 175 Å². The van der Waals surface area contributed by atoms with Crippen LogP contribution in [0.4, 0.5) is 9.18 Å². The van der Waals surface area contributed by atoms with Crippen molar-refractivity contribution in [3.63, 3.8) is 0 Å². The molecular formula is C22H24FNO5S. The van der Waals surface area contributed by atoms with Gasteiger partial charge in [-0.25, -0.2) is 17.6 Å². The normalized spacial score (nSPS) is 23.5. The van der Waals surface area contributed by atoms with E-state index in [2.05, 4.69) is 5.32 Å². The average Bonchev–Trinajstić information content (AvgIpc) is 3.30. The number of carbonyl (C=O) groups is 2. The molecule has 1 saturated carbocycles. The first-order valence-electron chi connectivity index (χ1n) is 9.44. The monoisotopic (exact) mass is 433 g/mol. The Morgan fingerprint density at radius 3 is 2.33 bits per heavy atom. The highest BCUT2D eigenvalue weighted by molar-refractivity contribution is 7.92. The number of hydrogen-bond donors (Lipinski definition) is 1. The Kier molecular flexibility index (Phi) is 5.49. The smallest absolute Gasteiger partial charge is 0.408 e. The highest BCUT2D eigenvalue weighted by atomic mass is 32.2. The third kappa shape index (κ3) is 4.09. The molecule has 2 aromatic carbocycles. The predicted octanol–water partition coefficient (Wildman–Crippen LogP) is 3.54. The number of rotatable bonds is 5. The van der Waals surface area contributed by atoms with Crippen LogP contribution < -0.4 is 5.32 Å². The summed E-state index contributed by atoms with van der Waals surface area (Å²) in [7, 11) is -4.03. The molecular weight excluding hydrogens is 409 g/mol. The van der Waals surface area contributed by atoms with Crippen LogP contribution in [0.25, 0.3) is 0 Å². The zero-order chi connectivity index (χ0) is 22.3. The first-order valence-corrected chi connectivity index (χ1v) is 11.0. The number of ether oxygens (including phenoxy) is 1. The number of sulfone groups is 1. The Hall–Kier alpha value is -2.74. The van der Waals surface area contributed by atoms with Crippen molar-refractivity contribution in [3.8, 4) is 0 Å². The molecule has 0 spiro atoms. The van der Waals surface area contributed by atoms with E-state index in [-0.39, 0.29) is 4.90 Å². The summed E-state index contributed by atoms with van der Waals surface area (Å²) in [5, 5.41) is 1.16. The molecule has 30 heavy (non-hydrogen) atoms. The second kappa shape index (κ2) is 7.50. The van der Waals surface area contributed by atoms with Gasteiger partial charge in [-0.05, 0) is 57.5 Å². The first-order chi connectivity index (χ1) is 13.9. The summed E-state index contributed by atoms with van der Waals surface area (Å²) in [4.78, 5) is 24.6. The van der Waals surface area contributed by atoms with E-state index in [1.54, 1.807) is 32.9 Å². The van der Waals surface area contributed by atoms with Crippen LogP contribution in [0.5, 0.6) is 0 Å². The van der Waals surface area contributed by atoms with E-state index in [1.807, 2.05) is 6.92 Å². The second-order valence-corrected chi connectivity index (χ2v) is 10.6. The molecule has 8 heteroatoms. The summed E-state index contributed by atoms with van der Waals surface area (Å²) in [6.45, 7) is 6.77. The number of nitrogens with one attached hydrogen (secondary N) is 1. The van der Waals surface area contributed by atoms with Gasteiger partial charge in [0.15, 0.2) is 9.84 Å². The van der Waals surface area contributed by atoms with Gasteiger partial charge in [0, 0.05) is 5.92 Å². The number of hydrogen-bond acceptors (Lipinski definition) is 5. The molecule has 160 valence electrons. The standard InChI is InChI=1S/C22H24FNO5S/c1-14-8-10-17(11-9-14)30(27,28)19-18(15-6-5-7-16(23)12-15)22(19,13-25)24-20(26)29-21(2,3)4/h5-13,18-19H,1-4H3,(H,24,26). The van der Waals surface area contributed by atoms with Crippen LogP contribution in [0.2, 0.25) is 0 Å². The third-order valence-electron chi connectivity index (χ3n) is 4.98. The molecule has 1 amide bonds. The maximum absolute atomic E-state index is 13.8. The van der Waals surface area contributed by atoms with E-state index >= 15 is 0 Å². The van der Waals surface area contributed by atoms with Gasteiger partial charge < -0.3 is 14.8 Å². The second-order valence-electron chi connectivity index (χ2n) is 8.49. The van der Waals surface area contributed by atoms with E-state index in [1.165, 1.54) is 36.4 Å². The molecule has 0 saturated heterocycles. The Morgan fingerprint density at radius 1 is 1.17 bits per heavy atom. The molecule has 1 fully saturated rings. The summed E-state index contributed by atoms with van der Waals surface area (Å²) >= 11 is 0. The number of aldehydes is 1. The number of benzene rings is 2. The molecule has 3 unspecified atom stereocenters. The molecule has 3 atom stereocenters. The fourth-order valence-corrected chi connectivity index (χ4v) is 5.88. The molecule has 2 aromatic rings. The van der Waals surface area contributed by atoms with E-state index in [0.717, 1.165) is 5.56 Å². The number of halogens is 1. The minimum absolute atomic E-state index is 0.0224.